The first-order valence-electron chi connectivity index (χ1n) is 12.9. The number of hydrogen-bond acceptors (Lipinski definition) is 6. The number of fused-ring (bicyclic) bond motifs is 1. The molecule has 8 heteroatoms. The summed E-state index contributed by atoms with van der Waals surface area (Å²) in [7, 11) is -3.36. The van der Waals surface area contributed by atoms with Crippen molar-refractivity contribution < 1.29 is 23.1 Å². The van der Waals surface area contributed by atoms with Gasteiger partial charge in [0.1, 0.15) is 18.5 Å². The van der Waals surface area contributed by atoms with Crippen LogP contribution in [0.2, 0.25) is 0 Å². The van der Waals surface area contributed by atoms with Crippen molar-refractivity contribution in [3.63, 3.8) is 0 Å². The third-order valence-corrected chi connectivity index (χ3v) is 9.81. The number of aliphatic hydroxyl groups is 1. The Kier molecular flexibility index (Phi) is 9.41. The highest BCUT2D eigenvalue weighted by atomic mass is 32.2. The van der Waals surface area contributed by atoms with Crippen LogP contribution in [0.3, 0.4) is 0 Å². The fraction of sp³-hybridized carbons (Fsp3) is 0.607. The van der Waals surface area contributed by atoms with E-state index in [-0.39, 0.29) is 24.7 Å². The molecule has 36 heavy (non-hydrogen) atoms. The molecule has 0 fully saturated rings. The van der Waals surface area contributed by atoms with Crippen molar-refractivity contribution >= 4 is 27.1 Å². The van der Waals surface area contributed by atoms with Crippen LogP contribution < -0.4 is 9.46 Å². The zero-order chi connectivity index (χ0) is 26.7. The molecule has 0 aliphatic heterocycles. The molecule has 1 aliphatic carbocycles. The first-order valence-corrected chi connectivity index (χ1v) is 15.4. The Balaban J connectivity index is 1.62. The Morgan fingerprint density at radius 3 is 2.47 bits per heavy atom. The van der Waals surface area contributed by atoms with Gasteiger partial charge in [0.15, 0.2) is 5.78 Å². The maximum Gasteiger partial charge on any atom is 0.211 e. The largest absolute Gasteiger partial charge is 0.490 e. The van der Waals surface area contributed by atoms with E-state index < -0.39 is 16.1 Å². The quantitative estimate of drug-likeness (QED) is 0.376. The molecule has 0 amide bonds. The summed E-state index contributed by atoms with van der Waals surface area (Å²) in [5, 5.41) is 10.1. The number of nitrogens with one attached hydrogen (secondary N) is 1. The molecule has 1 aliphatic rings. The van der Waals surface area contributed by atoms with Gasteiger partial charge in [0.05, 0.1) is 10.6 Å². The summed E-state index contributed by atoms with van der Waals surface area (Å²) in [5.74, 6) is 0.893. The molecule has 1 aromatic carbocycles. The van der Waals surface area contributed by atoms with Crippen molar-refractivity contribution in [2.75, 3.05) is 18.9 Å². The van der Waals surface area contributed by atoms with Crippen LogP contribution >= 0.6 is 11.3 Å². The third-order valence-electron chi connectivity index (χ3n) is 6.98. The van der Waals surface area contributed by atoms with Gasteiger partial charge in [-0.2, -0.15) is 0 Å². The highest BCUT2D eigenvalue weighted by molar-refractivity contribution is 7.89. The van der Waals surface area contributed by atoms with E-state index in [1.54, 1.807) is 18.3 Å². The predicted octanol–water partition coefficient (Wildman–Crippen LogP) is 4.94. The molecular formula is C28H41NO5S2. The molecule has 1 unspecified atom stereocenters. The fourth-order valence-electron chi connectivity index (χ4n) is 4.91. The smallest absolute Gasteiger partial charge is 0.211 e. The number of aryl methyl sites for hydroxylation is 4. The average molecular weight is 536 g/mol. The number of benzene rings is 1. The zero-order valence-electron chi connectivity index (χ0n) is 22.5. The van der Waals surface area contributed by atoms with Gasteiger partial charge in [-0.3, -0.25) is 4.79 Å². The van der Waals surface area contributed by atoms with E-state index in [4.69, 9.17) is 4.74 Å². The lowest BCUT2D eigenvalue weighted by Crippen LogP contribution is -2.36. The molecule has 0 saturated carbocycles. The number of ketones is 1. The maximum absolute atomic E-state index is 13.3. The normalized spacial score (nSPS) is 16.0. The predicted molar refractivity (Wildman–Crippen MR) is 147 cm³/mol. The van der Waals surface area contributed by atoms with Gasteiger partial charge in [-0.15, -0.1) is 11.3 Å². The van der Waals surface area contributed by atoms with Gasteiger partial charge in [-0.25, -0.2) is 13.1 Å². The van der Waals surface area contributed by atoms with Crippen LogP contribution in [-0.4, -0.2) is 44.3 Å². The van der Waals surface area contributed by atoms with Crippen molar-refractivity contribution in [3.05, 3.63) is 49.7 Å². The van der Waals surface area contributed by atoms with Crippen molar-refractivity contribution in [1.29, 1.82) is 0 Å². The first-order chi connectivity index (χ1) is 16.9. The number of aliphatic hydroxyl groups excluding tert-OH is 1. The second kappa shape index (κ2) is 11.8. The molecule has 1 atom stereocenters. The molecule has 0 saturated heterocycles. The van der Waals surface area contributed by atoms with E-state index >= 15 is 0 Å². The van der Waals surface area contributed by atoms with E-state index in [1.165, 1.54) is 16.0 Å². The lowest BCUT2D eigenvalue weighted by Gasteiger charge is -2.30. The van der Waals surface area contributed by atoms with Crippen LogP contribution in [0.1, 0.15) is 82.9 Å². The summed E-state index contributed by atoms with van der Waals surface area (Å²) in [6.07, 6.45) is 4.37. The molecule has 2 N–H and O–H groups in total. The summed E-state index contributed by atoms with van der Waals surface area (Å²) in [5.41, 5.74) is 5.99. The molecule has 2 aromatic rings. The van der Waals surface area contributed by atoms with Crippen LogP contribution in [-0.2, 0) is 35.7 Å². The minimum atomic E-state index is -3.36. The van der Waals surface area contributed by atoms with Crippen LogP contribution in [0.4, 0.5) is 0 Å². The van der Waals surface area contributed by atoms with E-state index in [2.05, 4.69) is 25.5 Å². The average Bonchev–Trinajstić information content (AvgIpc) is 3.17. The number of thiophene rings is 1. The Labute approximate surface area is 220 Å². The monoisotopic (exact) mass is 535 g/mol. The van der Waals surface area contributed by atoms with Gasteiger partial charge in [0.25, 0.3) is 0 Å². The Bertz CT molecular complexity index is 1170. The van der Waals surface area contributed by atoms with Crippen molar-refractivity contribution in [2.45, 2.75) is 86.2 Å². The SMILES string of the molecule is CCc1sc(C(=O)CCc2cc(C)c(OCC(O)CNS(=O)(=O)CC)c(C)c2)c2c1CC(C)(C)CC2. The number of carbonyl (C=O) groups excluding carboxylic acids is 1. The van der Waals surface area contributed by atoms with Crippen LogP contribution in [0.25, 0.3) is 0 Å². The maximum atomic E-state index is 13.3. The van der Waals surface area contributed by atoms with E-state index in [0.29, 0.717) is 24.0 Å². The number of rotatable bonds is 12. The standard InChI is InChI=1S/C28H41NO5S2/c1-7-25-23-15-28(5,6)12-11-22(23)27(35-25)24(31)10-9-20-13-18(3)26(19(4)14-20)34-17-21(30)16-29-36(32,33)8-2/h13-14,21,29-30H,7-12,15-17H2,1-6H3. The number of ether oxygens (including phenoxy) is 1. The minimum absolute atomic E-state index is 0.00813. The van der Waals surface area contributed by atoms with Gasteiger partial charge in [0.2, 0.25) is 10.0 Å². The molecule has 200 valence electrons. The van der Waals surface area contributed by atoms with Gasteiger partial charge < -0.3 is 9.84 Å². The molecule has 6 nitrogen and oxygen atoms in total. The highest BCUT2D eigenvalue weighted by Gasteiger charge is 2.31. The lowest BCUT2D eigenvalue weighted by molar-refractivity contribution is 0.0985. The number of hydrogen-bond donors (Lipinski definition) is 2. The Morgan fingerprint density at radius 2 is 1.86 bits per heavy atom. The number of carbonyl (C=O) groups is 1. The molecule has 0 bridgehead atoms. The Hall–Kier alpha value is -1.74. The fourth-order valence-corrected chi connectivity index (χ4v) is 6.83. The van der Waals surface area contributed by atoms with Gasteiger partial charge in [-0.05, 0) is 86.1 Å². The molecule has 0 radical (unpaired) electrons. The summed E-state index contributed by atoms with van der Waals surface area (Å²) >= 11 is 1.71. The molecule has 1 aromatic heterocycles. The van der Waals surface area contributed by atoms with Crippen LogP contribution in [0.15, 0.2) is 12.1 Å². The van der Waals surface area contributed by atoms with E-state index in [1.807, 2.05) is 26.0 Å². The zero-order valence-corrected chi connectivity index (χ0v) is 24.1. The lowest BCUT2D eigenvalue weighted by atomic mass is 9.74. The summed E-state index contributed by atoms with van der Waals surface area (Å²) in [6, 6.07) is 4.07. The molecular weight excluding hydrogens is 494 g/mol. The Morgan fingerprint density at radius 1 is 1.19 bits per heavy atom. The van der Waals surface area contributed by atoms with Crippen molar-refractivity contribution in [3.8, 4) is 5.75 Å². The van der Waals surface area contributed by atoms with Crippen LogP contribution in [0.5, 0.6) is 5.75 Å². The molecule has 0 spiro atoms. The highest BCUT2D eigenvalue weighted by Crippen LogP contribution is 2.42. The summed E-state index contributed by atoms with van der Waals surface area (Å²) in [6.45, 7) is 12.2. The summed E-state index contributed by atoms with van der Waals surface area (Å²) in [4.78, 5) is 15.6. The molecule has 1 heterocycles. The topological polar surface area (TPSA) is 92.7 Å². The van der Waals surface area contributed by atoms with Crippen LogP contribution in [0, 0.1) is 19.3 Å². The summed E-state index contributed by atoms with van der Waals surface area (Å²) < 4.78 is 31.3. The number of Topliss-reactive ketones (excluding diaryl/α,β-unsaturated/α-hetero) is 1. The van der Waals surface area contributed by atoms with Crippen molar-refractivity contribution in [1.82, 2.24) is 4.72 Å². The van der Waals surface area contributed by atoms with E-state index in [0.717, 1.165) is 47.3 Å². The molecule has 3 rings (SSSR count). The first kappa shape index (κ1) is 28.8. The second-order valence-corrected chi connectivity index (χ2v) is 13.9. The minimum Gasteiger partial charge on any atom is -0.490 e. The van der Waals surface area contributed by atoms with Gasteiger partial charge in [-0.1, -0.05) is 32.9 Å². The van der Waals surface area contributed by atoms with Gasteiger partial charge >= 0.3 is 0 Å². The van der Waals surface area contributed by atoms with E-state index in [9.17, 15) is 18.3 Å². The van der Waals surface area contributed by atoms with Gasteiger partial charge in [0, 0.05) is 17.8 Å². The van der Waals surface area contributed by atoms with Crippen molar-refractivity contribution in [2.24, 2.45) is 5.41 Å². The third kappa shape index (κ3) is 7.18. The number of sulfonamides is 1. The second-order valence-electron chi connectivity index (χ2n) is 10.7.